The number of thiophene rings is 8. The molecule has 4 nitrogen and oxygen atoms in total. The van der Waals surface area contributed by atoms with Crippen molar-refractivity contribution in [3.8, 4) is 61.3 Å². The van der Waals surface area contributed by atoms with Gasteiger partial charge in [0.25, 0.3) is 0 Å². The normalized spacial score (nSPS) is 15.5. The van der Waals surface area contributed by atoms with Crippen LogP contribution in [0.3, 0.4) is 0 Å². The molecule has 0 saturated carbocycles. The summed E-state index contributed by atoms with van der Waals surface area (Å²) in [5.41, 5.74) is 27.1. The molecular formula is C86H95ClN4S10. The molecule has 0 fully saturated rings. The molecule has 0 saturated heterocycles. The Balaban J connectivity index is 0.000000164. The molecule has 0 N–H and O–H groups in total. The van der Waals surface area contributed by atoms with E-state index in [1.807, 2.05) is 56.7 Å². The second-order valence-corrected chi connectivity index (χ2v) is 39.8. The minimum absolute atomic E-state index is 0.767. The van der Waals surface area contributed by atoms with E-state index in [9.17, 15) is 0 Å². The van der Waals surface area contributed by atoms with E-state index in [1.165, 1.54) is 295 Å². The van der Waals surface area contributed by atoms with Gasteiger partial charge in [0.15, 0.2) is 0 Å². The number of nitrogens with zero attached hydrogens (tertiary/aromatic N) is 4. The quantitative estimate of drug-likeness (QED) is 0.0459. The number of allylic oxidation sites excluding steroid dienone is 4. The fraction of sp³-hybridized carbons (Fsp3) is 0.442. The Morgan fingerprint density at radius 2 is 0.663 bits per heavy atom. The van der Waals surface area contributed by atoms with Gasteiger partial charge in [0.05, 0.1) is 28.5 Å². The van der Waals surface area contributed by atoms with Crippen LogP contribution in [0.5, 0.6) is 0 Å². The van der Waals surface area contributed by atoms with Crippen LogP contribution in [0.2, 0.25) is 5.02 Å². The van der Waals surface area contributed by atoms with Crippen molar-refractivity contribution in [1.29, 1.82) is 0 Å². The Hall–Kier alpha value is -4.55. The van der Waals surface area contributed by atoms with Gasteiger partial charge in [-0.25, -0.2) is 0 Å². The smallest absolute Gasteiger partial charge is 0.115 e. The van der Waals surface area contributed by atoms with E-state index in [1.54, 1.807) is 75.4 Å². The summed E-state index contributed by atoms with van der Waals surface area (Å²) < 4.78 is 19.5. The van der Waals surface area contributed by atoms with Gasteiger partial charge in [-0.05, 0) is 240 Å². The van der Waals surface area contributed by atoms with Gasteiger partial charge in [-0.15, -0.1) is 90.7 Å². The molecule has 2 aromatic carbocycles. The predicted octanol–water partition coefficient (Wildman–Crippen LogP) is 30.9. The number of halogens is 1. The number of fused-ring (bicyclic) bond motifs is 6. The minimum Gasteiger partial charge on any atom is -0.172 e. The molecule has 0 amide bonds. The number of hydrogen-bond acceptors (Lipinski definition) is 14. The van der Waals surface area contributed by atoms with Crippen LogP contribution in [0, 0.1) is 41.5 Å². The number of aryl methyl sites for hydroxylation is 12. The third kappa shape index (κ3) is 15.4. The van der Waals surface area contributed by atoms with Crippen LogP contribution < -0.4 is 0 Å². The monoisotopic (exact) mass is 1540 g/mol. The van der Waals surface area contributed by atoms with Crippen LogP contribution >= 0.6 is 126 Å². The molecule has 16 rings (SSSR count). The fourth-order valence-electron chi connectivity index (χ4n) is 16.1. The molecule has 0 aliphatic heterocycles. The van der Waals surface area contributed by atoms with E-state index >= 15 is 0 Å². The first-order valence-corrected chi connectivity index (χ1v) is 46.3. The van der Waals surface area contributed by atoms with Gasteiger partial charge in [-0.3, -0.25) is 0 Å². The van der Waals surface area contributed by atoms with E-state index < -0.39 is 0 Å². The van der Waals surface area contributed by atoms with Crippen molar-refractivity contribution >= 4 is 170 Å². The average molecular weight is 1540 g/mol. The lowest BCUT2D eigenvalue weighted by Crippen LogP contribution is -1.87. The highest BCUT2D eigenvalue weighted by atomic mass is 35.5. The third-order valence-corrected chi connectivity index (χ3v) is 33.1. The Labute approximate surface area is 645 Å². The lowest BCUT2D eigenvalue weighted by Gasteiger charge is -2.07. The zero-order valence-corrected chi connectivity index (χ0v) is 69.2. The number of benzene rings is 2. The molecule has 101 heavy (non-hydrogen) atoms. The van der Waals surface area contributed by atoms with E-state index in [-0.39, 0.29) is 0 Å². The summed E-state index contributed by atoms with van der Waals surface area (Å²) in [6, 6.07) is 26.3. The number of rotatable bonds is 28. The minimum atomic E-state index is 0.767. The molecule has 10 aromatic heterocycles. The highest BCUT2D eigenvalue weighted by Crippen LogP contribution is 2.56. The summed E-state index contributed by atoms with van der Waals surface area (Å²) in [6.07, 6.45) is 39.2. The van der Waals surface area contributed by atoms with Gasteiger partial charge in [0.2, 0.25) is 0 Å². The molecular weight excluding hydrogens is 1450 g/mol. The highest BCUT2D eigenvalue weighted by Gasteiger charge is 2.33. The van der Waals surface area contributed by atoms with Crippen molar-refractivity contribution in [3.05, 3.63) is 155 Å². The Morgan fingerprint density at radius 1 is 0.317 bits per heavy atom. The number of hydrogen-bond donors (Lipinski definition) is 0. The second kappa shape index (κ2) is 32.7. The first-order chi connectivity index (χ1) is 49.4. The number of unbranched alkanes of at least 4 members (excludes halogenated alkanes) is 18. The zero-order chi connectivity index (χ0) is 69.3. The van der Waals surface area contributed by atoms with Crippen molar-refractivity contribution in [2.24, 2.45) is 0 Å². The predicted molar refractivity (Wildman–Crippen MR) is 455 cm³/mol. The van der Waals surface area contributed by atoms with Crippen molar-refractivity contribution < 1.29 is 0 Å². The van der Waals surface area contributed by atoms with Gasteiger partial charge >= 0.3 is 0 Å². The van der Waals surface area contributed by atoms with Crippen molar-refractivity contribution in [3.63, 3.8) is 0 Å². The maximum absolute atomic E-state index is 7.17. The van der Waals surface area contributed by atoms with E-state index in [4.69, 9.17) is 29.1 Å². The summed E-state index contributed by atoms with van der Waals surface area (Å²) in [5.74, 6) is 0. The summed E-state index contributed by atoms with van der Waals surface area (Å²) in [6.45, 7) is 17.9. The topological polar surface area (TPSA) is 51.6 Å². The molecule has 15 heteroatoms. The highest BCUT2D eigenvalue weighted by molar-refractivity contribution is 7.25. The van der Waals surface area contributed by atoms with Crippen LogP contribution in [0.25, 0.3) is 106 Å². The van der Waals surface area contributed by atoms with E-state index in [2.05, 4.69) is 145 Å². The Morgan fingerprint density at radius 3 is 1.08 bits per heavy atom. The second-order valence-electron chi connectivity index (χ2n) is 29.1. The Kier molecular flexibility index (Phi) is 23.3. The lowest BCUT2D eigenvalue weighted by atomic mass is 10.0. The number of aromatic nitrogens is 4. The molecule has 12 aromatic rings. The lowest BCUT2D eigenvalue weighted by molar-refractivity contribution is 0.556. The first kappa shape index (κ1) is 72.0. The molecule has 0 spiro atoms. The average Bonchev–Trinajstić information content (AvgIpc) is 1.62. The molecule has 0 radical (unpaired) electrons. The molecule has 10 heterocycles. The SMILES string of the molecule is CCCCCCCCCCCCc1cc(-c2cc(Cl)c(-c3cc(C)c(C)s3)c3nsnc23)sc1-c1cc2c(s1)/C(=C1\CCc3cc(C)sc31)CC2.CCCCCCCCCCCCc1cc(-c2ccc(-c3cc(C)c(C)s3)c3nsnc23)sc1-c1cc2c(s1)/C(=C1\CCc3cc(C)sc31)CC2. The van der Waals surface area contributed by atoms with Crippen LogP contribution in [-0.4, -0.2) is 17.5 Å². The van der Waals surface area contributed by atoms with Crippen LogP contribution in [-0.2, 0) is 38.5 Å². The van der Waals surface area contributed by atoms with Gasteiger partial charge in [-0.2, -0.15) is 17.5 Å². The van der Waals surface area contributed by atoms with Gasteiger partial charge in [-0.1, -0.05) is 153 Å². The maximum Gasteiger partial charge on any atom is 0.115 e. The van der Waals surface area contributed by atoms with Crippen LogP contribution in [0.4, 0.5) is 0 Å². The molecule has 526 valence electrons. The summed E-state index contributed by atoms with van der Waals surface area (Å²) in [4.78, 5) is 22.8. The summed E-state index contributed by atoms with van der Waals surface area (Å²) in [7, 11) is 0. The molecule has 4 aliphatic carbocycles. The van der Waals surface area contributed by atoms with Gasteiger partial charge in [0.1, 0.15) is 22.1 Å². The summed E-state index contributed by atoms with van der Waals surface area (Å²) in [5, 5.41) is 0.767. The van der Waals surface area contributed by atoms with Crippen molar-refractivity contribution in [2.75, 3.05) is 0 Å². The standard InChI is InChI=1S/C43H47ClN2S5.C43H48N2S5/c1-5-6-7-8-9-10-11-12-13-14-15-28-22-35(33-24-34(44)38(40-39(33)45-51-46-40)36-20-25(2)27(4)48-36)49-43(28)37-23-30-17-19-32(42(30)50-37)31-18-16-29-21-26(3)47-41(29)31;1-5-6-7-8-9-10-11-12-13-14-15-29-24-37(35-21-20-34(39-40(35)45-50-44-39)36-22-26(2)28(4)47-36)48-43(29)38-25-31-17-19-33(42(31)49-38)32-18-16-30-23-27(3)46-41(30)32/h20-24H,5-19H2,1-4H3;20-25H,5-19H2,1-4H3/b32-31+;33-32+. The van der Waals surface area contributed by atoms with Crippen molar-refractivity contribution in [1.82, 2.24) is 17.5 Å². The maximum atomic E-state index is 7.17. The van der Waals surface area contributed by atoms with Crippen LogP contribution in [0.15, 0.2) is 66.7 Å². The molecule has 4 aliphatic rings. The molecule has 0 atom stereocenters. The summed E-state index contributed by atoms with van der Waals surface area (Å²) >= 11 is 25.6. The molecule has 0 bridgehead atoms. The van der Waals surface area contributed by atoms with Crippen LogP contribution in [0.1, 0.15) is 251 Å². The largest absolute Gasteiger partial charge is 0.172 e. The fourth-order valence-corrected chi connectivity index (χ4v) is 27.5. The van der Waals surface area contributed by atoms with E-state index in [0.29, 0.717) is 0 Å². The van der Waals surface area contributed by atoms with Gasteiger partial charge < -0.3 is 0 Å². The van der Waals surface area contributed by atoms with Crippen molar-refractivity contribution in [2.45, 2.75) is 248 Å². The van der Waals surface area contributed by atoms with E-state index in [0.717, 1.165) is 51.1 Å². The Bertz CT molecular complexity index is 4960. The van der Waals surface area contributed by atoms with Gasteiger partial charge in [0, 0.05) is 100 Å². The molecule has 0 unspecified atom stereocenters. The first-order valence-electron chi connectivity index (χ1n) is 37.9. The zero-order valence-electron chi connectivity index (χ0n) is 60.3. The third-order valence-electron chi connectivity index (χ3n) is 21.8.